The maximum atomic E-state index is 9.39. The van der Waals surface area contributed by atoms with Crippen LogP contribution < -0.4 is 10.5 Å². The molecule has 2 aromatic rings. The molecule has 3 heteroatoms. The number of hydrogen-bond acceptors (Lipinski definition) is 3. The Morgan fingerprint density at radius 2 is 1.53 bits per heavy atom. The van der Waals surface area contributed by atoms with Gasteiger partial charge in [-0.3, -0.25) is 0 Å². The minimum atomic E-state index is -0.370. The van der Waals surface area contributed by atoms with Gasteiger partial charge in [-0.2, -0.15) is 0 Å². The van der Waals surface area contributed by atoms with Crippen molar-refractivity contribution in [3.63, 3.8) is 0 Å². The number of aliphatic hydroxyl groups is 1. The summed E-state index contributed by atoms with van der Waals surface area (Å²) in [5.41, 5.74) is 6.90. The molecule has 0 heterocycles. The van der Waals surface area contributed by atoms with Crippen LogP contribution in [0.4, 0.5) is 0 Å². The fourth-order valence-corrected chi connectivity index (χ4v) is 2.50. The molecule has 0 spiro atoms. The lowest BCUT2D eigenvalue weighted by Crippen LogP contribution is -2.51. The average Bonchev–Trinajstić information content (AvgIpc) is 2.39. The minimum Gasteiger partial charge on any atom is -0.457 e. The summed E-state index contributed by atoms with van der Waals surface area (Å²) in [4.78, 5) is 0. The monoisotopic (exact) mass is 255 g/mol. The van der Waals surface area contributed by atoms with E-state index in [1.54, 1.807) is 0 Å². The topological polar surface area (TPSA) is 55.5 Å². The maximum absolute atomic E-state index is 9.39. The van der Waals surface area contributed by atoms with E-state index < -0.39 is 0 Å². The molecule has 3 N–H and O–H groups in total. The van der Waals surface area contributed by atoms with Crippen molar-refractivity contribution in [2.75, 3.05) is 0 Å². The van der Waals surface area contributed by atoms with E-state index in [2.05, 4.69) is 0 Å². The Morgan fingerprint density at radius 3 is 2.11 bits per heavy atom. The molecular weight excluding hydrogens is 238 g/mol. The smallest absolute Gasteiger partial charge is 0.127 e. The summed E-state index contributed by atoms with van der Waals surface area (Å²) < 4.78 is 5.73. The predicted molar refractivity (Wildman–Crippen MR) is 74.1 cm³/mol. The first-order valence-electron chi connectivity index (χ1n) is 6.46. The highest BCUT2D eigenvalue weighted by molar-refractivity contribution is 5.36. The second-order valence-electron chi connectivity index (χ2n) is 5.16. The molecule has 1 fully saturated rings. The summed E-state index contributed by atoms with van der Waals surface area (Å²) in [7, 11) is 0. The Morgan fingerprint density at radius 1 is 0.947 bits per heavy atom. The van der Waals surface area contributed by atoms with Crippen molar-refractivity contribution in [2.24, 2.45) is 5.73 Å². The molecule has 2 aromatic carbocycles. The van der Waals surface area contributed by atoms with E-state index in [0.717, 1.165) is 17.1 Å². The Labute approximate surface area is 112 Å². The van der Waals surface area contributed by atoms with Crippen LogP contribution in [0.15, 0.2) is 54.6 Å². The summed E-state index contributed by atoms with van der Waals surface area (Å²) in [6.45, 7) is 0. The number of para-hydroxylation sites is 1. The van der Waals surface area contributed by atoms with Crippen LogP contribution in [0.3, 0.4) is 0 Å². The van der Waals surface area contributed by atoms with E-state index in [4.69, 9.17) is 10.5 Å². The van der Waals surface area contributed by atoms with E-state index in [9.17, 15) is 5.11 Å². The molecular formula is C16H17NO2. The summed E-state index contributed by atoms with van der Waals surface area (Å²) in [5, 5.41) is 9.39. The highest BCUT2D eigenvalue weighted by atomic mass is 16.5. The molecule has 0 saturated heterocycles. The van der Waals surface area contributed by atoms with Crippen LogP contribution in [-0.4, -0.2) is 11.2 Å². The van der Waals surface area contributed by atoms with E-state index in [1.165, 1.54) is 0 Å². The van der Waals surface area contributed by atoms with Crippen LogP contribution >= 0.6 is 0 Å². The zero-order valence-electron chi connectivity index (χ0n) is 10.6. The second kappa shape index (κ2) is 4.68. The summed E-state index contributed by atoms with van der Waals surface area (Å²) in [6.07, 6.45) is 1.00. The van der Waals surface area contributed by atoms with Gasteiger partial charge in [0.2, 0.25) is 0 Å². The number of rotatable bonds is 3. The van der Waals surface area contributed by atoms with Gasteiger partial charge in [0.25, 0.3) is 0 Å². The van der Waals surface area contributed by atoms with Gasteiger partial charge in [0.05, 0.1) is 6.10 Å². The molecule has 19 heavy (non-hydrogen) atoms. The van der Waals surface area contributed by atoms with Gasteiger partial charge in [-0.25, -0.2) is 0 Å². The SMILES string of the molecule is NC1(c2ccc(Oc3ccccc3)cc2)CC(O)C1. The fourth-order valence-electron chi connectivity index (χ4n) is 2.50. The molecule has 1 saturated carbocycles. The van der Waals surface area contributed by atoms with Crippen molar-refractivity contribution < 1.29 is 9.84 Å². The molecule has 0 aliphatic heterocycles. The van der Waals surface area contributed by atoms with Crippen molar-refractivity contribution in [2.45, 2.75) is 24.5 Å². The zero-order valence-corrected chi connectivity index (χ0v) is 10.6. The van der Waals surface area contributed by atoms with E-state index >= 15 is 0 Å². The lowest BCUT2D eigenvalue weighted by molar-refractivity contribution is 0.0209. The van der Waals surface area contributed by atoms with E-state index in [1.807, 2.05) is 54.6 Å². The van der Waals surface area contributed by atoms with Crippen molar-refractivity contribution >= 4 is 0 Å². The van der Waals surface area contributed by atoms with E-state index in [0.29, 0.717) is 12.8 Å². The molecule has 98 valence electrons. The highest BCUT2D eigenvalue weighted by Gasteiger charge is 2.41. The Bertz CT molecular complexity index is 545. The van der Waals surface area contributed by atoms with Crippen molar-refractivity contribution in [3.8, 4) is 11.5 Å². The van der Waals surface area contributed by atoms with Crippen LogP contribution in [-0.2, 0) is 5.54 Å². The van der Waals surface area contributed by atoms with E-state index in [-0.39, 0.29) is 11.6 Å². The molecule has 0 radical (unpaired) electrons. The van der Waals surface area contributed by atoms with Crippen molar-refractivity contribution in [1.82, 2.24) is 0 Å². The third kappa shape index (κ3) is 2.48. The van der Waals surface area contributed by atoms with Gasteiger partial charge in [-0.15, -0.1) is 0 Å². The van der Waals surface area contributed by atoms with Gasteiger partial charge in [0.1, 0.15) is 11.5 Å². The normalized spacial score (nSPS) is 25.7. The van der Waals surface area contributed by atoms with Crippen molar-refractivity contribution in [1.29, 1.82) is 0 Å². The Balaban J connectivity index is 1.73. The van der Waals surface area contributed by atoms with Crippen LogP contribution in [0, 0.1) is 0 Å². The molecule has 3 rings (SSSR count). The third-order valence-electron chi connectivity index (χ3n) is 3.61. The molecule has 3 nitrogen and oxygen atoms in total. The highest BCUT2D eigenvalue weighted by Crippen LogP contribution is 2.39. The molecule has 1 aliphatic carbocycles. The average molecular weight is 255 g/mol. The number of benzene rings is 2. The molecule has 0 aromatic heterocycles. The third-order valence-corrected chi connectivity index (χ3v) is 3.61. The lowest BCUT2D eigenvalue weighted by atomic mass is 9.71. The van der Waals surface area contributed by atoms with Gasteiger partial charge in [0.15, 0.2) is 0 Å². The van der Waals surface area contributed by atoms with Gasteiger partial charge < -0.3 is 15.6 Å². The lowest BCUT2D eigenvalue weighted by Gasteiger charge is -2.42. The largest absolute Gasteiger partial charge is 0.457 e. The van der Waals surface area contributed by atoms with Gasteiger partial charge >= 0.3 is 0 Å². The molecule has 0 unspecified atom stereocenters. The zero-order chi connectivity index (χ0) is 13.3. The van der Waals surface area contributed by atoms with Crippen LogP contribution in [0.2, 0.25) is 0 Å². The minimum absolute atomic E-state index is 0.259. The molecule has 1 aliphatic rings. The second-order valence-corrected chi connectivity index (χ2v) is 5.16. The molecule has 0 amide bonds. The molecule has 0 bridgehead atoms. The van der Waals surface area contributed by atoms with Gasteiger partial charge in [-0.1, -0.05) is 30.3 Å². The maximum Gasteiger partial charge on any atom is 0.127 e. The standard InChI is InChI=1S/C16H17NO2/c17-16(10-13(18)11-16)12-6-8-15(9-7-12)19-14-4-2-1-3-5-14/h1-9,13,18H,10-11,17H2. The quantitative estimate of drug-likeness (QED) is 0.886. The molecule has 0 atom stereocenters. The van der Waals surface area contributed by atoms with Crippen LogP contribution in [0.1, 0.15) is 18.4 Å². The summed E-state index contributed by atoms with van der Waals surface area (Å²) >= 11 is 0. The Kier molecular flexibility index (Phi) is 3.01. The Hall–Kier alpha value is -1.84. The number of nitrogens with two attached hydrogens (primary N) is 1. The van der Waals surface area contributed by atoms with Crippen LogP contribution in [0.5, 0.6) is 11.5 Å². The van der Waals surface area contributed by atoms with Gasteiger partial charge in [-0.05, 0) is 42.7 Å². The van der Waals surface area contributed by atoms with Crippen LogP contribution in [0.25, 0.3) is 0 Å². The number of ether oxygens (including phenoxy) is 1. The van der Waals surface area contributed by atoms with Crippen molar-refractivity contribution in [3.05, 3.63) is 60.2 Å². The first kappa shape index (κ1) is 12.2. The van der Waals surface area contributed by atoms with Gasteiger partial charge in [0, 0.05) is 5.54 Å². The fraction of sp³-hybridized carbons (Fsp3) is 0.250. The first-order valence-corrected chi connectivity index (χ1v) is 6.46. The number of hydrogen-bond donors (Lipinski definition) is 2. The first-order chi connectivity index (χ1) is 9.16. The predicted octanol–water partition coefficient (Wildman–Crippen LogP) is 2.79. The summed E-state index contributed by atoms with van der Waals surface area (Å²) in [5.74, 6) is 1.61. The summed E-state index contributed by atoms with van der Waals surface area (Å²) in [6, 6.07) is 17.5. The number of aliphatic hydroxyl groups excluding tert-OH is 1.